The molecule has 5 heteroatoms. The Balaban J connectivity index is 1.54. The second-order valence-corrected chi connectivity index (χ2v) is 4.53. The lowest BCUT2D eigenvalue weighted by molar-refractivity contribution is 0.0946. The van der Waals surface area contributed by atoms with E-state index in [0.29, 0.717) is 30.2 Å². The van der Waals surface area contributed by atoms with Crippen LogP contribution in [0.3, 0.4) is 0 Å². The lowest BCUT2D eigenvalue weighted by atomic mass is 10.4. The number of aromatic nitrogens is 1. The minimum atomic E-state index is -0.121. The van der Waals surface area contributed by atoms with Crippen LogP contribution >= 0.6 is 0 Å². The summed E-state index contributed by atoms with van der Waals surface area (Å²) in [6.07, 6.45) is 6.06. The van der Waals surface area contributed by atoms with Gasteiger partial charge in [-0.2, -0.15) is 0 Å². The molecular formula is C11H15N3O2. The number of oxazole rings is 1. The molecule has 0 atom stereocenters. The number of rotatable bonds is 5. The van der Waals surface area contributed by atoms with Gasteiger partial charge < -0.3 is 15.1 Å². The van der Waals surface area contributed by atoms with Gasteiger partial charge in [-0.25, -0.2) is 4.98 Å². The number of nitrogens with zero attached hydrogens (tertiary/aromatic N) is 1. The standard InChI is InChI=1S/C11H15N3O2/c15-11(13-8-3-4-8)9-6-16-10(14-9)5-12-7-1-2-7/h6-8,12H,1-5H2,(H,13,15). The highest BCUT2D eigenvalue weighted by Gasteiger charge is 2.25. The Morgan fingerprint density at radius 3 is 2.81 bits per heavy atom. The Kier molecular flexibility index (Phi) is 2.40. The third kappa shape index (κ3) is 2.41. The monoisotopic (exact) mass is 221 g/mol. The van der Waals surface area contributed by atoms with Crippen molar-refractivity contribution < 1.29 is 9.21 Å². The molecular weight excluding hydrogens is 206 g/mol. The Bertz CT molecular complexity index is 394. The smallest absolute Gasteiger partial charge is 0.273 e. The Morgan fingerprint density at radius 1 is 1.38 bits per heavy atom. The molecule has 0 unspecified atom stereocenters. The molecule has 2 N–H and O–H groups in total. The molecule has 2 aliphatic rings. The van der Waals surface area contributed by atoms with Gasteiger partial charge in [-0.05, 0) is 25.7 Å². The fraction of sp³-hybridized carbons (Fsp3) is 0.636. The van der Waals surface area contributed by atoms with Crippen molar-refractivity contribution in [1.29, 1.82) is 0 Å². The molecule has 0 spiro atoms. The highest BCUT2D eigenvalue weighted by molar-refractivity contribution is 5.92. The Labute approximate surface area is 93.6 Å². The third-order valence-corrected chi connectivity index (χ3v) is 2.82. The molecule has 86 valence electrons. The van der Waals surface area contributed by atoms with Crippen LogP contribution in [0.1, 0.15) is 42.1 Å². The van der Waals surface area contributed by atoms with E-state index in [-0.39, 0.29) is 5.91 Å². The third-order valence-electron chi connectivity index (χ3n) is 2.82. The summed E-state index contributed by atoms with van der Waals surface area (Å²) in [5.74, 6) is 0.469. The summed E-state index contributed by atoms with van der Waals surface area (Å²) < 4.78 is 5.23. The molecule has 1 aromatic heterocycles. The van der Waals surface area contributed by atoms with Gasteiger partial charge in [-0.15, -0.1) is 0 Å². The zero-order valence-electron chi connectivity index (χ0n) is 9.03. The number of nitrogens with one attached hydrogen (secondary N) is 2. The van der Waals surface area contributed by atoms with E-state index in [1.807, 2.05) is 0 Å². The number of carbonyl (C=O) groups excluding carboxylic acids is 1. The normalized spacial score (nSPS) is 19.8. The first-order valence-electron chi connectivity index (χ1n) is 5.80. The van der Waals surface area contributed by atoms with Crippen LogP contribution < -0.4 is 10.6 Å². The van der Waals surface area contributed by atoms with Gasteiger partial charge in [0.05, 0.1) is 6.54 Å². The average molecular weight is 221 g/mol. The van der Waals surface area contributed by atoms with E-state index in [2.05, 4.69) is 15.6 Å². The minimum absolute atomic E-state index is 0.121. The van der Waals surface area contributed by atoms with Crippen molar-refractivity contribution >= 4 is 5.91 Å². The molecule has 3 rings (SSSR count). The molecule has 1 amide bonds. The predicted molar refractivity (Wildman–Crippen MR) is 56.9 cm³/mol. The van der Waals surface area contributed by atoms with Gasteiger partial charge in [0.2, 0.25) is 5.89 Å². The molecule has 0 radical (unpaired) electrons. The molecule has 1 heterocycles. The summed E-state index contributed by atoms with van der Waals surface area (Å²) in [4.78, 5) is 15.8. The molecule has 0 aliphatic heterocycles. The van der Waals surface area contributed by atoms with Crippen LogP contribution in [0.15, 0.2) is 10.7 Å². The summed E-state index contributed by atoms with van der Waals surface area (Å²) >= 11 is 0. The van der Waals surface area contributed by atoms with Gasteiger partial charge in [-0.3, -0.25) is 4.79 Å². The maximum atomic E-state index is 11.6. The van der Waals surface area contributed by atoms with Gasteiger partial charge >= 0.3 is 0 Å². The maximum Gasteiger partial charge on any atom is 0.273 e. The summed E-state index contributed by atoms with van der Waals surface area (Å²) in [6.45, 7) is 0.612. The fourth-order valence-electron chi connectivity index (χ4n) is 1.50. The molecule has 2 aliphatic carbocycles. The van der Waals surface area contributed by atoms with Crippen molar-refractivity contribution in [1.82, 2.24) is 15.6 Å². The second-order valence-electron chi connectivity index (χ2n) is 4.53. The average Bonchev–Trinajstić information content (AvgIpc) is 3.18. The molecule has 2 fully saturated rings. The lowest BCUT2D eigenvalue weighted by Crippen LogP contribution is -2.25. The van der Waals surface area contributed by atoms with Crippen LogP contribution in [0, 0.1) is 0 Å². The van der Waals surface area contributed by atoms with Crippen LogP contribution in [0.5, 0.6) is 0 Å². The lowest BCUT2D eigenvalue weighted by Gasteiger charge is -1.98. The zero-order chi connectivity index (χ0) is 11.0. The van der Waals surface area contributed by atoms with Gasteiger partial charge in [0.15, 0.2) is 5.69 Å². The van der Waals surface area contributed by atoms with Crippen molar-refractivity contribution in [3.8, 4) is 0 Å². The van der Waals surface area contributed by atoms with Gasteiger partial charge in [0.1, 0.15) is 6.26 Å². The zero-order valence-corrected chi connectivity index (χ0v) is 9.03. The van der Waals surface area contributed by atoms with Gasteiger partial charge in [0.25, 0.3) is 5.91 Å². The van der Waals surface area contributed by atoms with E-state index in [1.54, 1.807) is 0 Å². The van der Waals surface area contributed by atoms with E-state index < -0.39 is 0 Å². The topological polar surface area (TPSA) is 67.2 Å². The quantitative estimate of drug-likeness (QED) is 0.772. The van der Waals surface area contributed by atoms with Crippen LogP contribution in [-0.2, 0) is 6.54 Å². The Morgan fingerprint density at radius 2 is 2.12 bits per heavy atom. The van der Waals surface area contributed by atoms with Crippen molar-refractivity contribution in [2.45, 2.75) is 44.3 Å². The molecule has 2 saturated carbocycles. The molecule has 5 nitrogen and oxygen atoms in total. The summed E-state index contributed by atoms with van der Waals surface area (Å²) in [6, 6.07) is 0.980. The minimum Gasteiger partial charge on any atom is -0.447 e. The van der Waals surface area contributed by atoms with Crippen LogP contribution in [-0.4, -0.2) is 23.0 Å². The maximum absolute atomic E-state index is 11.6. The predicted octanol–water partition coefficient (Wildman–Crippen LogP) is 0.819. The van der Waals surface area contributed by atoms with Crippen molar-refractivity contribution in [2.75, 3.05) is 0 Å². The second kappa shape index (κ2) is 3.90. The van der Waals surface area contributed by atoms with E-state index in [1.165, 1.54) is 19.1 Å². The van der Waals surface area contributed by atoms with Crippen LogP contribution in [0.4, 0.5) is 0 Å². The summed E-state index contributed by atoms with van der Waals surface area (Å²) in [7, 11) is 0. The molecule has 16 heavy (non-hydrogen) atoms. The number of carbonyl (C=O) groups is 1. The van der Waals surface area contributed by atoms with E-state index in [9.17, 15) is 4.79 Å². The van der Waals surface area contributed by atoms with Crippen molar-refractivity contribution in [3.63, 3.8) is 0 Å². The number of hydrogen-bond donors (Lipinski definition) is 2. The van der Waals surface area contributed by atoms with E-state index in [0.717, 1.165) is 12.8 Å². The molecule has 1 aromatic rings. The SMILES string of the molecule is O=C(NC1CC1)c1coc(CNC2CC2)n1. The summed E-state index contributed by atoms with van der Waals surface area (Å²) in [5.41, 5.74) is 0.388. The number of hydrogen-bond acceptors (Lipinski definition) is 4. The largest absolute Gasteiger partial charge is 0.447 e. The van der Waals surface area contributed by atoms with E-state index >= 15 is 0 Å². The van der Waals surface area contributed by atoms with Gasteiger partial charge in [0, 0.05) is 12.1 Å². The number of amides is 1. The van der Waals surface area contributed by atoms with Crippen molar-refractivity contribution in [3.05, 3.63) is 17.8 Å². The highest BCUT2D eigenvalue weighted by atomic mass is 16.3. The van der Waals surface area contributed by atoms with E-state index in [4.69, 9.17) is 4.42 Å². The summed E-state index contributed by atoms with van der Waals surface area (Å²) in [5, 5.41) is 6.17. The Hall–Kier alpha value is -1.36. The fourth-order valence-corrected chi connectivity index (χ4v) is 1.50. The molecule has 0 aromatic carbocycles. The van der Waals surface area contributed by atoms with Crippen LogP contribution in [0.2, 0.25) is 0 Å². The molecule has 0 saturated heterocycles. The first kappa shape index (κ1) is 9.84. The first-order chi connectivity index (χ1) is 7.81. The van der Waals surface area contributed by atoms with Gasteiger partial charge in [-0.1, -0.05) is 0 Å². The first-order valence-corrected chi connectivity index (χ1v) is 5.80. The highest BCUT2D eigenvalue weighted by Crippen LogP contribution is 2.20. The van der Waals surface area contributed by atoms with Crippen LogP contribution in [0.25, 0.3) is 0 Å². The van der Waals surface area contributed by atoms with Crippen molar-refractivity contribution in [2.24, 2.45) is 0 Å². The molecule has 0 bridgehead atoms.